The molecule has 2 N–H and O–H groups in total. The van der Waals surface area contributed by atoms with E-state index >= 15 is 0 Å². The number of hydrogen-bond acceptors (Lipinski definition) is 2. The van der Waals surface area contributed by atoms with Gasteiger partial charge in [-0.1, -0.05) is 0 Å². The summed E-state index contributed by atoms with van der Waals surface area (Å²) in [5.74, 6) is 2.75. The molecular weight excluding hydrogens is 228 g/mol. The summed E-state index contributed by atoms with van der Waals surface area (Å²) in [4.78, 5) is 11.3. The van der Waals surface area contributed by atoms with E-state index in [0.717, 1.165) is 17.5 Å². The lowest BCUT2D eigenvalue weighted by Crippen LogP contribution is -2.44. The lowest BCUT2D eigenvalue weighted by Gasteiger charge is -2.54. The van der Waals surface area contributed by atoms with Gasteiger partial charge in [0.15, 0.2) is 0 Å². The van der Waals surface area contributed by atoms with Gasteiger partial charge in [-0.15, -0.1) is 0 Å². The number of carboxylic acids is 1. The molecule has 5 rings (SSSR count). The van der Waals surface area contributed by atoms with Gasteiger partial charge in [-0.25, -0.2) is 4.79 Å². The van der Waals surface area contributed by atoms with Crippen LogP contribution in [0.3, 0.4) is 0 Å². The molecule has 4 fully saturated rings. The molecule has 4 aliphatic rings. The van der Waals surface area contributed by atoms with Crippen LogP contribution in [0.4, 0.5) is 0 Å². The fourth-order valence-corrected chi connectivity index (χ4v) is 5.10. The highest BCUT2D eigenvalue weighted by atomic mass is 16.4. The van der Waals surface area contributed by atoms with E-state index in [1.54, 1.807) is 6.20 Å². The first-order chi connectivity index (χ1) is 8.72. The Kier molecular flexibility index (Phi) is 2.11. The highest BCUT2D eigenvalue weighted by molar-refractivity contribution is 5.88. The fraction of sp³-hybridized carbons (Fsp3) is 0.714. The number of hydrogen-bond donors (Lipinski definition) is 2. The van der Waals surface area contributed by atoms with Crippen LogP contribution in [0.15, 0.2) is 6.20 Å². The number of aromatic amines is 1. The summed E-state index contributed by atoms with van der Waals surface area (Å²) in [7, 11) is 0. The minimum atomic E-state index is -0.840. The van der Waals surface area contributed by atoms with Crippen LogP contribution >= 0.6 is 0 Å². The van der Waals surface area contributed by atoms with Gasteiger partial charge in [0.05, 0.1) is 5.69 Å². The van der Waals surface area contributed by atoms with Crippen LogP contribution in [0.25, 0.3) is 0 Å². The predicted octanol–water partition coefficient (Wildman–Crippen LogP) is 2.65. The summed E-state index contributed by atoms with van der Waals surface area (Å²) in [6, 6.07) is 0. The van der Waals surface area contributed by atoms with E-state index in [4.69, 9.17) is 0 Å². The second-order valence-electron chi connectivity index (χ2n) is 6.45. The zero-order chi connectivity index (χ0) is 12.3. The third kappa shape index (κ3) is 1.38. The first kappa shape index (κ1) is 10.6. The smallest absolute Gasteiger partial charge is 0.339 e. The van der Waals surface area contributed by atoms with Crippen molar-refractivity contribution in [3.63, 3.8) is 0 Å². The van der Waals surface area contributed by atoms with Crippen molar-refractivity contribution in [3.05, 3.63) is 17.5 Å². The van der Waals surface area contributed by atoms with Gasteiger partial charge in [-0.3, -0.25) is 5.10 Å². The molecule has 4 aliphatic carbocycles. The molecule has 4 nitrogen and oxygen atoms in total. The predicted molar refractivity (Wildman–Crippen MR) is 65.3 cm³/mol. The molecule has 4 bridgehead atoms. The van der Waals surface area contributed by atoms with Gasteiger partial charge in [-0.05, 0) is 55.8 Å². The highest BCUT2D eigenvalue weighted by Gasteiger charge is 2.50. The van der Waals surface area contributed by atoms with Crippen LogP contribution in [-0.2, 0) is 0 Å². The Morgan fingerprint density at radius 1 is 1.17 bits per heavy atom. The van der Waals surface area contributed by atoms with Crippen LogP contribution in [0.2, 0.25) is 0 Å². The maximum absolute atomic E-state index is 11.3. The molecule has 1 aromatic heterocycles. The monoisotopic (exact) mass is 246 g/mol. The molecule has 0 saturated heterocycles. The molecule has 1 heterocycles. The van der Waals surface area contributed by atoms with Crippen molar-refractivity contribution < 1.29 is 9.90 Å². The van der Waals surface area contributed by atoms with Crippen molar-refractivity contribution in [2.45, 2.75) is 38.0 Å². The Morgan fingerprint density at radius 2 is 1.78 bits per heavy atom. The second kappa shape index (κ2) is 3.59. The molecule has 0 amide bonds. The van der Waals surface area contributed by atoms with Gasteiger partial charge >= 0.3 is 5.97 Å². The third-order valence-electron chi connectivity index (χ3n) is 5.44. The van der Waals surface area contributed by atoms with E-state index in [0.29, 0.717) is 23.3 Å². The Balaban J connectivity index is 1.72. The van der Waals surface area contributed by atoms with Crippen LogP contribution in [-0.4, -0.2) is 21.3 Å². The molecule has 0 aromatic carbocycles. The Bertz CT molecular complexity index is 466. The Labute approximate surface area is 106 Å². The SMILES string of the molecule is O=C(O)c1c[nH]nc1C1C2CC3CC(C2)CC1C3. The molecule has 1 aromatic rings. The molecule has 0 radical (unpaired) electrons. The van der Waals surface area contributed by atoms with E-state index in [1.807, 2.05) is 0 Å². The van der Waals surface area contributed by atoms with E-state index in [1.165, 1.54) is 32.1 Å². The maximum atomic E-state index is 11.3. The van der Waals surface area contributed by atoms with Crippen molar-refractivity contribution in [2.24, 2.45) is 23.7 Å². The lowest BCUT2D eigenvalue weighted by molar-refractivity contribution is -0.00453. The fourth-order valence-electron chi connectivity index (χ4n) is 5.10. The van der Waals surface area contributed by atoms with Gasteiger partial charge in [-0.2, -0.15) is 5.10 Å². The first-order valence-corrected chi connectivity index (χ1v) is 6.99. The number of aromatic carboxylic acids is 1. The van der Waals surface area contributed by atoms with Crippen LogP contribution in [0, 0.1) is 23.7 Å². The van der Waals surface area contributed by atoms with E-state index in [2.05, 4.69) is 10.2 Å². The number of H-pyrrole nitrogens is 1. The summed E-state index contributed by atoms with van der Waals surface area (Å²) in [6.07, 6.45) is 8.15. The molecule has 4 heteroatoms. The van der Waals surface area contributed by atoms with Gasteiger partial charge in [0.1, 0.15) is 5.56 Å². The lowest BCUT2D eigenvalue weighted by atomic mass is 9.51. The third-order valence-corrected chi connectivity index (χ3v) is 5.44. The largest absolute Gasteiger partial charge is 0.478 e. The van der Waals surface area contributed by atoms with Crippen molar-refractivity contribution in [3.8, 4) is 0 Å². The van der Waals surface area contributed by atoms with Gasteiger partial charge in [0.2, 0.25) is 0 Å². The van der Waals surface area contributed by atoms with Gasteiger partial charge in [0, 0.05) is 12.1 Å². The van der Waals surface area contributed by atoms with Crippen molar-refractivity contribution in [1.82, 2.24) is 10.2 Å². The summed E-state index contributed by atoms with van der Waals surface area (Å²) < 4.78 is 0. The van der Waals surface area contributed by atoms with Crippen LogP contribution < -0.4 is 0 Å². The van der Waals surface area contributed by atoms with Gasteiger partial charge in [0.25, 0.3) is 0 Å². The van der Waals surface area contributed by atoms with Gasteiger partial charge < -0.3 is 5.11 Å². The molecule has 0 aliphatic heterocycles. The number of carboxylic acid groups (broad SMARTS) is 1. The number of rotatable bonds is 2. The van der Waals surface area contributed by atoms with Crippen molar-refractivity contribution in [1.29, 1.82) is 0 Å². The van der Waals surface area contributed by atoms with E-state index in [-0.39, 0.29) is 0 Å². The minimum Gasteiger partial charge on any atom is -0.478 e. The Hall–Kier alpha value is -1.32. The summed E-state index contributed by atoms with van der Waals surface area (Å²) >= 11 is 0. The number of nitrogens with one attached hydrogen (secondary N) is 1. The quantitative estimate of drug-likeness (QED) is 0.843. The summed E-state index contributed by atoms with van der Waals surface area (Å²) in [5, 5.41) is 16.3. The van der Waals surface area contributed by atoms with Crippen LogP contribution in [0.5, 0.6) is 0 Å². The molecule has 18 heavy (non-hydrogen) atoms. The minimum absolute atomic E-state index is 0.396. The topological polar surface area (TPSA) is 66.0 Å². The second-order valence-corrected chi connectivity index (χ2v) is 6.45. The highest BCUT2D eigenvalue weighted by Crippen LogP contribution is 2.59. The Morgan fingerprint density at radius 3 is 2.33 bits per heavy atom. The number of nitrogens with zero attached hydrogens (tertiary/aromatic N) is 1. The zero-order valence-corrected chi connectivity index (χ0v) is 10.3. The average Bonchev–Trinajstić information content (AvgIpc) is 2.76. The number of aromatic nitrogens is 2. The molecule has 0 unspecified atom stereocenters. The first-order valence-electron chi connectivity index (χ1n) is 6.99. The average molecular weight is 246 g/mol. The number of carbonyl (C=O) groups is 1. The maximum Gasteiger partial charge on any atom is 0.339 e. The van der Waals surface area contributed by atoms with Crippen molar-refractivity contribution in [2.75, 3.05) is 0 Å². The summed E-state index contributed by atoms with van der Waals surface area (Å²) in [6.45, 7) is 0. The van der Waals surface area contributed by atoms with E-state index < -0.39 is 5.97 Å². The summed E-state index contributed by atoms with van der Waals surface area (Å²) in [5.41, 5.74) is 1.23. The molecule has 4 saturated carbocycles. The van der Waals surface area contributed by atoms with Crippen LogP contribution in [0.1, 0.15) is 54.1 Å². The molecule has 0 atom stereocenters. The molecule has 0 spiro atoms. The van der Waals surface area contributed by atoms with E-state index in [9.17, 15) is 9.90 Å². The zero-order valence-electron chi connectivity index (χ0n) is 10.3. The molecular formula is C14H18N2O2. The standard InChI is InChI=1S/C14H18N2O2/c17-14(18)11-6-15-16-13(11)12-9-2-7-1-8(4-9)5-10(12)3-7/h6-10,12H,1-5H2,(H,15,16)(H,17,18). The molecule has 96 valence electrons. The normalized spacial score (nSPS) is 41.2. The van der Waals surface area contributed by atoms with Crippen molar-refractivity contribution >= 4 is 5.97 Å².